The van der Waals surface area contributed by atoms with E-state index in [-0.39, 0.29) is 23.6 Å². The molecule has 2 aliphatic heterocycles. The second-order valence-corrected chi connectivity index (χ2v) is 7.88. The van der Waals surface area contributed by atoms with Crippen LogP contribution in [-0.2, 0) is 4.74 Å². The monoisotopic (exact) mass is 442 g/mol. The van der Waals surface area contributed by atoms with E-state index in [1.54, 1.807) is 40.1 Å². The smallest absolute Gasteiger partial charge is 0.254 e. The number of nitrogens with zero attached hydrogens (tertiary/aromatic N) is 2. The fourth-order valence-electron chi connectivity index (χ4n) is 4.08. The van der Waals surface area contributed by atoms with Crippen molar-refractivity contribution in [1.82, 2.24) is 9.80 Å². The van der Waals surface area contributed by atoms with Gasteiger partial charge in [0.1, 0.15) is 12.4 Å². The van der Waals surface area contributed by atoms with Crippen LogP contribution < -0.4 is 9.47 Å². The van der Waals surface area contributed by atoms with Gasteiger partial charge in [0.15, 0.2) is 11.6 Å². The third-order valence-electron chi connectivity index (χ3n) is 5.88. The summed E-state index contributed by atoms with van der Waals surface area (Å²) in [5.74, 6) is -0.0444. The topological polar surface area (TPSA) is 68.3 Å². The molecule has 0 aromatic heterocycles. The van der Waals surface area contributed by atoms with Crippen molar-refractivity contribution in [2.75, 3.05) is 46.6 Å². The first-order chi connectivity index (χ1) is 15.6. The molecule has 2 amide bonds. The van der Waals surface area contributed by atoms with Gasteiger partial charge in [-0.15, -0.1) is 0 Å². The maximum Gasteiger partial charge on any atom is 0.254 e. The van der Waals surface area contributed by atoms with Gasteiger partial charge in [0.25, 0.3) is 11.8 Å². The van der Waals surface area contributed by atoms with E-state index >= 15 is 0 Å². The van der Waals surface area contributed by atoms with Gasteiger partial charge in [-0.25, -0.2) is 4.39 Å². The summed E-state index contributed by atoms with van der Waals surface area (Å²) in [4.78, 5) is 29.0. The number of hydrogen-bond donors (Lipinski definition) is 0. The first-order valence-electron chi connectivity index (χ1n) is 10.8. The molecule has 8 heteroatoms. The first kappa shape index (κ1) is 22.1. The average molecular weight is 442 g/mol. The molecule has 32 heavy (non-hydrogen) atoms. The number of carbonyl (C=O) groups excluding carboxylic acids is 2. The maximum atomic E-state index is 14.0. The molecule has 170 valence electrons. The highest BCUT2D eigenvalue weighted by atomic mass is 19.1. The molecule has 2 heterocycles. The molecule has 0 unspecified atom stereocenters. The molecule has 2 aliphatic rings. The molecule has 2 fully saturated rings. The Kier molecular flexibility index (Phi) is 6.90. The lowest BCUT2D eigenvalue weighted by Gasteiger charge is -2.27. The van der Waals surface area contributed by atoms with Crippen LogP contribution in [0.15, 0.2) is 42.5 Å². The lowest BCUT2D eigenvalue weighted by molar-refractivity contribution is 0.0303. The molecule has 0 N–H and O–H groups in total. The summed E-state index contributed by atoms with van der Waals surface area (Å²) in [5, 5.41) is 0. The van der Waals surface area contributed by atoms with Crippen LogP contribution in [0.25, 0.3) is 0 Å². The van der Waals surface area contributed by atoms with Crippen LogP contribution in [0.2, 0.25) is 0 Å². The molecule has 4 rings (SSSR count). The van der Waals surface area contributed by atoms with Gasteiger partial charge in [-0.1, -0.05) is 0 Å². The lowest BCUT2D eigenvalue weighted by Crippen LogP contribution is -2.40. The summed E-state index contributed by atoms with van der Waals surface area (Å²) >= 11 is 0. The molecule has 0 aliphatic carbocycles. The average Bonchev–Trinajstić information content (AvgIpc) is 3.31. The number of hydrogen-bond acceptors (Lipinski definition) is 5. The first-order valence-corrected chi connectivity index (χ1v) is 10.8. The molecule has 0 spiro atoms. The van der Waals surface area contributed by atoms with Gasteiger partial charge < -0.3 is 24.0 Å². The quantitative estimate of drug-likeness (QED) is 0.688. The van der Waals surface area contributed by atoms with Gasteiger partial charge in [-0.2, -0.15) is 0 Å². The Bertz CT molecular complexity index is 959. The van der Waals surface area contributed by atoms with Crippen molar-refractivity contribution in [3.05, 3.63) is 59.4 Å². The van der Waals surface area contributed by atoms with Crippen LogP contribution in [0.3, 0.4) is 0 Å². The second-order valence-electron chi connectivity index (χ2n) is 7.88. The molecule has 0 saturated carbocycles. The van der Waals surface area contributed by atoms with Crippen LogP contribution >= 0.6 is 0 Å². The minimum Gasteiger partial charge on any atom is -0.494 e. The number of morpholine rings is 1. The molecule has 2 saturated heterocycles. The Morgan fingerprint density at radius 2 is 1.75 bits per heavy atom. The maximum absolute atomic E-state index is 14.0. The Hall–Kier alpha value is -3.13. The summed E-state index contributed by atoms with van der Waals surface area (Å²) < 4.78 is 30.1. The van der Waals surface area contributed by atoms with E-state index in [1.807, 2.05) is 0 Å². The fourth-order valence-corrected chi connectivity index (χ4v) is 4.08. The van der Waals surface area contributed by atoms with Crippen LogP contribution in [-0.4, -0.2) is 74.2 Å². The molecule has 0 bridgehead atoms. The van der Waals surface area contributed by atoms with Crippen molar-refractivity contribution in [2.45, 2.75) is 18.9 Å². The standard InChI is InChI=1S/C24H27FN2O5/c1-30-22-9-6-18(15-21(22)25)24(29)27-10-2-3-19(27)16-32-20-7-4-17(5-8-20)23(28)26-11-13-31-14-12-26/h4-9,15,19H,2-3,10-14,16H2,1H3/t19-/m0/s1. The van der Waals surface area contributed by atoms with Crippen LogP contribution in [0.5, 0.6) is 11.5 Å². The summed E-state index contributed by atoms with van der Waals surface area (Å²) in [6.45, 7) is 3.26. The highest BCUT2D eigenvalue weighted by molar-refractivity contribution is 5.95. The van der Waals surface area contributed by atoms with E-state index in [0.29, 0.717) is 56.3 Å². The molecule has 7 nitrogen and oxygen atoms in total. The summed E-state index contributed by atoms with van der Waals surface area (Å²) in [6, 6.07) is 11.2. The van der Waals surface area contributed by atoms with E-state index in [4.69, 9.17) is 14.2 Å². The number of carbonyl (C=O) groups is 2. The van der Waals surface area contributed by atoms with Gasteiger partial charge in [0, 0.05) is 30.8 Å². The van der Waals surface area contributed by atoms with Gasteiger partial charge in [0.2, 0.25) is 0 Å². The highest BCUT2D eigenvalue weighted by Crippen LogP contribution is 2.24. The Morgan fingerprint density at radius 3 is 2.44 bits per heavy atom. The SMILES string of the molecule is COc1ccc(C(=O)N2CCC[C@H]2COc2ccc(C(=O)N3CCOCC3)cc2)cc1F. The van der Waals surface area contributed by atoms with Gasteiger partial charge in [0.05, 0.1) is 26.4 Å². The summed E-state index contributed by atoms with van der Waals surface area (Å²) in [6.07, 6.45) is 1.68. The van der Waals surface area contributed by atoms with Crippen LogP contribution in [0.1, 0.15) is 33.6 Å². The van der Waals surface area contributed by atoms with Gasteiger partial charge >= 0.3 is 0 Å². The minimum absolute atomic E-state index is 0.0147. The number of ether oxygens (including phenoxy) is 3. The van der Waals surface area contributed by atoms with Crippen LogP contribution in [0.4, 0.5) is 4.39 Å². The van der Waals surface area contributed by atoms with Crippen molar-refractivity contribution in [1.29, 1.82) is 0 Å². The molecular weight excluding hydrogens is 415 g/mol. The van der Waals surface area contributed by atoms with E-state index in [1.165, 1.54) is 19.2 Å². The lowest BCUT2D eigenvalue weighted by atomic mass is 10.1. The van der Waals surface area contributed by atoms with Crippen molar-refractivity contribution < 1.29 is 28.2 Å². The molecule has 2 aromatic rings. The molecule has 0 radical (unpaired) electrons. The summed E-state index contributed by atoms with van der Waals surface area (Å²) in [5.41, 5.74) is 0.902. The normalized spacial score (nSPS) is 18.5. The zero-order valence-electron chi connectivity index (χ0n) is 18.1. The molecular formula is C24H27FN2O5. The van der Waals surface area contributed by atoms with Crippen molar-refractivity contribution >= 4 is 11.8 Å². The van der Waals surface area contributed by atoms with Crippen LogP contribution in [0, 0.1) is 5.82 Å². The third kappa shape index (κ3) is 4.85. The number of methoxy groups -OCH3 is 1. The predicted molar refractivity (Wildman–Crippen MR) is 116 cm³/mol. The van der Waals surface area contributed by atoms with Gasteiger partial charge in [-0.05, 0) is 55.3 Å². The third-order valence-corrected chi connectivity index (χ3v) is 5.88. The fraction of sp³-hybridized carbons (Fsp3) is 0.417. The molecule has 2 aromatic carbocycles. The number of halogens is 1. The highest BCUT2D eigenvalue weighted by Gasteiger charge is 2.30. The Morgan fingerprint density at radius 1 is 1.03 bits per heavy atom. The zero-order chi connectivity index (χ0) is 22.5. The number of amides is 2. The number of likely N-dealkylation sites (tertiary alicyclic amines) is 1. The largest absolute Gasteiger partial charge is 0.494 e. The zero-order valence-corrected chi connectivity index (χ0v) is 18.1. The number of rotatable bonds is 6. The summed E-state index contributed by atoms with van der Waals surface area (Å²) in [7, 11) is 1.39. The predicted octanol–water partition coefficient (Wildman–Crippen LogP) is 2.99. The minimum atomic E-state index is -0.558. The Balaban J connectivity index is 1.35. The number of benzene rings is 2. The van der Waals surface area contributed by atoms with Crippen molar-refractivity contribution in [2.24, 2.45) is 0 Å². The van der Waals surface area contributed by atoms with E-state index in [2.05, 4.69) is 0 Å². The van der Waals surface area contributed by atoms with Crippen molar-refractivity contribution in [3.63, 3.8) is 0 Å². The molecule has 1 atom stereocenters. The second kappa shape index (κ2) is 9.99. The Labute approximate surface area is 186 Å². The van der Waals surface area contributed by atoms with E-state index in [0.717, 1.165) is 12.8 Å². The van der Waals surface area contributed by atoms with Gasteiger partial charge in [-0.3, -0.25) is 9.59 Å². The van der Waals surface area contributed by atoms with Crippen molar-refractivity contribution in [3.8, 4) is 11.5 Å². The van der Waals surface area contributed by atoms with E-state index in [9.17, 15) is 14.0 Å². The van der Waals surface area contributed by atoms with E-state index < -0.39 is 5.82 Å².